The number of hydrogen-bond donors (Lipinski definition) is 0. The second kappa shape index (κ2) is 3.82. The molecule has 0 heterocycles. The van der Waals surface area contributed by atoms with Gasteiger partial charge in [0.1, 0.15) is 0 Å². The van der Waals surface area contributed by atoms with Crippen LogP contribution in [0, 0.1) is 0 Å². The van der Waals surface area contributed by atoms with Gasteiger partial charge in [0.25, 0.3) is 0 Å². The summed E-state index contributed by atoms with van der Waals surface area (Å²) in [5.41, 5.74) is -0.302. The van der Waals surface area contributed by atoms with Crippen LogP contribution in [0.25, 0.3) is 0 Å². The maximum absolute atomic E-state index is 12.8. The lowest BCUT2D eigenvalue weighted by Gasteiger charge is -2.12. The van der Waals surface area contributed by atoms with Gasteiger partial charge in [-0.3, -0.25) is 4.79 Å². The summed E-state index contributed by atoms with van der Waals surface area (Å²) in [7, 11) is 0. The molecule has 0 amide bonds. The molecule has 1 rings (SSSR count). The van der Waals surface area contributed by atoms with Crippen molar-refractivity contribution in [2.24, 2.45) is 0 Å². The van der Waals surface area contributed by atoms with Crippen LogP contribution >= 0.6 is 0 Å². The molecule has 0 aliphatic rings. The van der Waals surface area contributed by atoms with Crippen molar-refractivity contribution in [1.29, 1.82) is 0 Å². The molecule has 14 heavy (non-hydrogen) atoms. The SMILES string of the molecule is CC(=O)c1cccc(C(F)(F)CF)c1. The Kier molecular flexibility index (Phi) is 2.93. The molecule has 0 saturated carbocycles. The molecule has 0 aliphatic heterocycles. The van der Waals surface area contributed by atoms with Gasteiger partial charge in [0, 0.05) is 11.1 Å². The van der Waals surface area contributed by atoms with Crippen molar-refractivity contribution in [1.82, 2.24) is 0 Å². The van der Waals surface area contributed by atoms with E-state index in [1.54, 1.807) is 0 Å². The van der Waals surface area contributed by atoms with E-state index >= 15 is 0 Å². The highest BCUT2D eigenvalue weighted by atomic mass is 19.3. The van der Waals surface area contributed by atoms with E-state index in [2.05, 4.69) is 0 Å². The minimum absolute atomic E-state index is 0.163. The van der Waals surface area contributed by atoms with Crippen molar-refractivity contribution >= 4 is 5.78 Å². The molecular weight excluding hydrogens is 193 g/mol. The molecule has 0 saturated heterocycles. The lowest BCUT2D eigenvalue weighted by Crippen LogP contribution is -2.16. The van der Waals surface area contributed by atoms with Gasteiger partial charge in [0.15, 0.2) is 12.5 Å². The summed E-state index contributed by atoms with van der Waals surface area (Å²) in [5, 5.41) is 0. The molecular formula is C10H9F3O. The van der Waals surface area contributed by atoms with E-state index < -0.39 is 18.2 Å². The molecule has 0 aromatic heterocycles. The number of hydrogen-bond acceptors (Lipinski definition) is 1. The fourth-order valence-corrected chi connectivity index (χ4v) is 1.04. The zero-order valence-corrected chi connectivity index (χ0v) is 7.56. The Morgan fingerprint density at radius 1 is 1.43 bits per heavy atom. The van der Waals surface area contributed by atoms with Crippen molar-refractivity contribution in [2.75, 3.05) is 6.67 Å². The third-order valence-corrected chi connectivity index (χ3v) is 1.86. The van der Waals surface area contributed by atoms with E-state index in [0.29, 0.717) is 0 Å². The maximum atomic E-state index is 12.8. The summed E-state index contributed by atoms with van der Waals surface area (Å²) in [5.74, 6) is -3.83. The zero-order chi connectivity index (χ0) is 10.8. The van der Waals surface area contributed by atoms with Crippen LogP contribution in [0.2, 0.25) is 0 Å². The minimum atomic E-state index is -3.51. The van der Waals surface area contributed by atoms with Crippen molar-refractivity contribution in [2.45, 2.75) is 12.8 Å². The Labute approximate surface area is 79.5 Å². The van der Waals surface area contributed by atoms with Gasteiger partial charge in [-0.25, -0.2) is 4.39 Å². The molecule has 1 aromatic carbocycles. The Morgan fingerprint density at radius 3 is 2.57 bits per heavy atom. The summed E-state index contributed by atoms with van der Waals surface area (Å²) >= 11 is 0. The molecule has 76 valence electrons. The Bertz CT molecular complexity index is 347. The van der Waals surface area contributed by atoms with Crippen molar-refractivity contribution in [3.8, 4) is 0 Å². The second-order valence-electron chi connectivity index (χ2n) is 2.98. The molecule has 0 fully saturated rings. The lowest BCUT2D eigenvalue weighted by atomic mass is 10.0. The molecule has 0 aliphatic carbocycles. The van der Waals surface area contributed by atoms with Crippen molar-refractivity contribution in [3.63, 3.8) is 0 Å². The van der Waals surface area contributed by atoms with E-state index in [-0.39, 0.29) is 11.3 Å². The Balaban J connectivity index is 3.12. The average Bonchev–Trinajstić information content (AvgIpc) is 2.18. The molecule has 0 radical (unpaired) electrons. The molecule has 0 N–H and O–H groups in total. The van der Waals surface area contributed by atoms with Crippen LogP contribution in [0.3, 0.4) is 0 Å². The van der Waals surface area contributed by atoms with Gasteiger partial charge in [-0.15, -0.1) is 0 Å². The van der Waals surface area contributed by atoms with Crippen LogP contribution in [0.5, 0.6) is 0 Å². The van der Waals surface area contributed by atoms with Gasteiger partial charge >= 0.3 is 5.92 Å². The number of alkyl halides is 3. The van der Waals surface area contributed by atoms with E-state index in [1.807, 2.05) is 0 Å². The summed E-state index contributed by atoms with van der Waals surface area (Å²) in [6, 6.07) is 4.85. The molecule has 1 aromatic rings. The maximum Gasteiger partial charge on any atom is 0.301 e. The fourth-order valence-electron chi connectivity index (χ4n) is 1.04. The highest BCUT2D eigenvalue weighted by molar-refractivity contribution is 5.94. The summed E-state index contributed by atoms with van der Waals surface area (Å²) in [6.07, 6.45) is 0. The van der Waals surface area contributed by atoms with Gasteiger partial charge in [-0.2, -0.15) is 8.78 Å². The highest BCUT2D eigenvalue weighted by Crippen LogP contribution is 2.28. The van der Waals surface area contributed by atoms with E-state index in [9.17, 15) is 18.0 Å². The highest BCUT2D eigenvalue weighted by Gasteiger charge is 2.31. The quantitative estimate of drug-likeness (QED) is 0.688. The number of ketones is 1. The fraction of sp³-hybridized carbons (Fsp3) is 0.300. The first-order valence-electron chi connectivity index (χ1n) is 4.02. The van der Waals surface area contributed by atoms with Gasteiger partial charge in [0.05, 0.1) is 0 Å². The van der Waals surface area contributed by atoms with Crippen LogP contribution < -0.4 is 0 Å². The topological polar surface area (TPSA) is 17.1 Å². The predicted octanol–water partition coefficient (Wildman–Crippen LogP) is 2.95. The minimum Gasteiger partial charge on any atom is -0.295 e. The first-order chi connectivity index (χ1) is 6.47. The molecule has 4 heteroatoms. The number of Topliss-reactive ketones (excluding diaryl/α,β-unsaturated/α-hetero) is 1. The van der Waals surface area contributed by atoms with Gasteiger partial charge < -0.3 is 0 Å². The average molecular weight is 202 g/mol. The van der Waals surface area contributed by atoms with Crippen molar-refractivity contribution < 1.29 is 18.0 Å². The van der Waals surface area contributed by atoms with Gasteiger partial charge in [-0.1, -0.05) is 18.2 Å². The molecule has 0 atom stereocenters. The molecule has 1 nitrogen and oxygen atoms in total. The largest absolute Gasteiger partial charge is 0.301 e. The number of halogens is 3. The van der Waals surface area contributed by atoms with Crippen molar-refractivity contribution in [3.05, 3.63) is 35.4 Å². The normalized spacial score (nSPS) is 11.4. The molecule has 0 unspecified atom stereocenters. The van der Waals surface area contributed by atoms with Crippen LogP contribution in [-0.4, -0.2) is 12.5 Å². The summed E-state index contributed by atoms with van der Waals surface area (Å²) in [4.78, 5) is 10.9. The van der Waals surface area contributed by atoms with Crippen LogP contribution in [0.1, 0.15) is 22.8 Å². The van der Waals surface area contributed by atoms with Gasteiger partial charge in [-0.05, 0) is 13.0 Å². The first-order valence-corrected chi connectivity index (χ1v) is 4.02. The third-order valence-electron chi connectivity index (χ3n) is 1.86. The number of benzene rings is 1. The predicted molar refractivity (Wildman–Crippen MR) is 46.3 cm³/mol. The number of carbonyl (C=O) groups excluding carboxylic acids is 1. The van der Waals surface area contributed by atoms with E-state index in [4.69, 9.17) is 0 Å². The third kappa shape index (κ3) is 2.13. The molecule has 0 spiro atoms. The van der Waals surface area contributed by atoms with Crippen LogP contribution in [0.15, 0.2) is 24.3 Å². The van der Waals surface area contributed by atoms with Crippen LogP contribution in [-0.2, 0) is 5.92 Å². The van der Waals surface area contributed by atoms with E-state index in [1.165, 1.54) is 19.1 Å². The molecule has 0 bridgehead atoms. The monoisotopic (exact) mass is 202 g/mol. The second-order valence-corrected chi connectivity index (χ2v) is 2.98. The first kappa shape index (κ1) is 10.8. The Hall–Kier alpha value is -1.32. The zero-order valence-electron chi connectivity index (χ0n) is 7.56. The van der Waals surface area contributed by atoms with Gasteiger partial charge in [0.2, 0.25) is 0 Å². The number of carbonyl (C=O) groups is 1. The lowest BCUT2D eigenvalue weighted by molar-refractivity contribution is -0.0281. The summed E-state index contributed by atoms with van der Waals surface area (Å²) in [6.45, 7) is -0.485. The smallest absolute Gasteiger partial charge is 0.295 e. The van der Waals surface area contributed by atoms with Crippen LogP contribution in [0.4, 0.5) is 13.2 Å². The van der Waals surface area contributed by atoms with E-state index in [0.717, 1.165) is 12.1 Å². The summed E-state index contributed by atoms with van der Waals surface area (Å²) < 4.78 is 37.6. The Morgan fingerprint density at radius 2 is 2.07 bits per heavy atom. The number of rotatable bonds is 3. The standard InChI is InChI=1S/C10H9F3O/c1-7(14)8-3-2-4-9(5-8)10(12,13)6-11/h2-5H,6H2,1H3.